The Kier molecular flexibility index (Phi) is 50.2. The standard InChI is InChI=1S/C56H106O6/c1-4-7-10-13-16-19-22-24-26-27-28-29-30-32-34-37-40-43-46-49-55(58)61-52-53(51-60-54(57)48-45-42-39-36-33-21-18-15-12-9-6-3)62-56(59)50-47-44-41-38-35-31-25-23-20-17-14-11-8-5-2/h23,25,53H,4-22,24,26-52H2,1-3H3/b25-23-. The highest BCUT2D eigenvalue weighted by Crippen LogP contribution is 2.17. The SMILES string of the molecule is CCCCCCC/C=C\CCCCCCCC(=O)OC(COC(=O)CCCCCCCCCCCCC)COC(=O)CCCCCCCCCCCCCCCCCCCCC. The molecule has 366 valence electrons. The zero-order chi connectivity index (χ0) is 45.1. The van der Waals surface area contributed by atoms with Gasteiger partial charge in [-0.15, -0.1) is 0 Å². The van der Waals surface area contributed by atoms with Crippen LogP contribution >= 0.6 is 0 Å². The Hall–Kier alpha value is -1.85. The minimum Gasteiger partial charge on any atom is -0.462 e. The summed E-state index contributed by atoms with van der Waals surface area (Å²) in [7, 11) is 0. The summed E-state index contributed by atoms with van der Waals surface area (Å²) in [5.41, 5.74) is 0. The predicted molar refractivity (Wildman–Crippen MR) is 266 cm³/mol. The highest BCUT2D eigenvalue weighted by Gasteiger charge is 2.19. The van der Waals surface area contributed by atoms with Crippen molar-refractivity contribution in [3.8, 4) is 0 Å². The third kappa shape index (κ3) is 49.2. The van der Waals surface area contributed by atoms with Crippen molar-refractivity contribution in [1.29, 1.82) is 0 Å². The predicted octanol–water partition coefficient (Wildman–Crippen LogP) is 18.2. The molecule has 6 nitrogen and oxygen atoms in total. The second-order valence-corrected chi connectivity index (χ2v) is 18.9. The highest BCUT2D eigenvalue weighted by atomic mass is 16.6. The van der Waals surface area contributed by atoms with Crippen molar-refractivity contribution >= 4 is 17.9 Å². The lowest BCUT2D eigenvalue weighted by atomic mass is 10.0. The average Bonchev–Trinajstić information content (AvgIpc) is 3.27. The lowest BCUT2D eigenvalue weighted by Crippen LogP contribution is -2.30. The fourth-order valence-electron chi connectivity index (χ4n) is 8.32. The maximum Gasteiger partial charge on any atom is 0.306 e. The van der Waals surface area contributed by atoms with Crippen LogP contribution in [-0.2, 0) is 28.6 Å². The fourth-order valence-corrected chi connectivity index (χ4v) is 8.32. The number of carbonyl (C=O) groups is 3. The highest BCUT2D eigenvalue weighted by molar-refractivity contribution is 5.71. The first-order chi connectivity index (χ1) is 30.5. The lowest BCUT2D eigenvalue weighted by Gasteiger charge is -2.18. The largest absolute Gasteiger partial charge is 0.462 e. The van der Waals surface area contributed by atoms with Crippen molar-refractivity contribution in [2.75, 3.05) is 13.2 Å². The molecule has 0 heterocycles. The number of ether oxygens (including phenoxy) is 3. The molecule has 0 aliphatic carbocycles. The number of carbonyl (C=O) groups excluding carboxylic acids is 3. The summed E-state index contributed by atoms with van der Waals surface area (Å²) < 4.78 is 16.8. The minimum absolute atomic E-state index is 0.0678. The molecule has 0 aromatic rings. The zero-order valence-corrected chi connectivity index (χ0v) is 41.9. The second-order valence-electron chi connectivity index (χ2n) is 18.9. The van der Waals surface area contributed by atoms with E-state index in [1.807, 2.05) is 0 Å². The Morgan fingerprint density at radius 2 is 0.532 bits per heavy atom. The van der Waals surface area contributed by atoms with Crippen LogP contribution < -0.4 is 0 Å². The molecular weight excluding hydrogens is 769 g/mol. The molecule has 0 saturated carbocycles. The van der Waals surface area contributed by atoms with Crippen LogP contribution in [0.4, 0.5) is 0 Å². The van der Waals surface area contributed by atoms with Crippen LogP contribution in [0.1, 0.15) is 310 Å². The van der Waals surface area contributed by atoms with Crippen molar-refractivity contribution in [3.63, 3.8) is 0 Å². The van der Waals surface area contributed by atoms with E-state index in [9.17, 15) is 14.4 Å². The molecule has 0 aromatic carbocycles. The number of esters is 3. The molecule has 1 unspecified atom stereocenters. The maximum absolute atomic E-state index is 12.8. The Bertz CT molecular complexity index is 962. The Labute approximate surface area is 386 Å². The van der Waals surface area contributed by atoms with Gasteiger partial charge in [-0.25, -0.2) is 0 Å². The quantitative estimate of drug-likeness (QED) is 0.0262. The first-order valence-corrected chi connectivity index (χ1v) is 27.7. The normalized spacial score (nSPS) is 12.0. The topological polar surface area (TPSA) is 78.9 Å². The van der Waals surface area contributed by atoms with Crippen molar-refractivity contribution < 1.29 is 28.6 Å². The van der Waals surface area contributed by atoms with E-state index < -0.39 is 6.10 Å². The van der Waals surface area contributed by atoms with Gasteiger partial charge in [0, 0.05) is 19.3 Å². The summed E-state index contributed by atoms with van der Waals surface area (Å²) in [6.07, 6.45) is 57.7. The molecule has 1 atom stereocenters. The molecule has 0 amide bonds. The average molecular weight is 875 g/mol. The number of allylic oxidation sites excluding steroid dienone is 2. The smallest absolute Gasteiger partial charge is 0.306 e. The summed E-state index contributed by atoms with van der Waals surface area (Å²) in [5.74, 6) is -0.857. The number of unbranched alkanes of at least 4 members (excludes halogenated alkanes) is 38. The number of rotatable bonds is 51. The molecule has 0 aromatic heterocycles. The van der Waals surface area contributed by atoms with Crippen LogP contribution in [0.3, 0.4) is 0 Å². The van der Waals surface area contributed by atoms with Crippen molar-refractivity contribution in [2.24, 2.45) is 0 Å². The van der Waals surface area contributed by atoms with E-state index in [2.05, 4.69) is 32.9 Å². The van der Waals surface area contributed by atoms with Gasteiger partial charge in [-0.05, 0) is 44.9 Å². The van der Waals surface area contributed by atoms with E-state index in [1.54, 1.807) is 0 Å². The summed E-state index contributed by atoms with van der Waals surface area (Å²) >= 11 is 0. The van der Waals surface area contributed by atoms with E-state index in [-0.39, 0.29) is 31.1 Å². The van der Waals surface area contributed by atoms with E-state index >= 15 is 0 Å². The molecule has 0 radical (unpaired) electrons. The molecule has 62 heavy (non-hydrogen) atoms. The summed E-state index contributed by atoms with van der Waals surface area (Å²) in [4.78, 5) is 38.0. The molecule has 0 bridgehead atoms. The van der Waals surface area contributed by atoms with Crippen molar-refractivity contribution in [2.45, 2.75) is 316 Å². The maximum atomic E-state index is 12.8. The number of hydrogen-bond donors (Lipinski definition) is 0. The summed E-state index contributed by atoms with van der Waals surface area (Å²) in [5, 5.41) is 0. The Balaban J connectivity index is 4.27. The molecule has 0 aliphatic rings. The summed E-state index contributed by atoms with van der Waals surface area (Å²) in [6, 6.07) is 0. The lowest BCUT2D eigenvalue weighted by molar-refractivity contribution is -0.167. The van der Waals surface area contributed by atoms with Gasteiger partial charge in [0.1, 0.15) is 13.2 Å². The van der Waals surface area contributed by atoms with Crippen LogP contribution in [0.25, 0.3) is 0 Å². The van der Waals surface area contributed by atoms with Crippen molar-refractivity contribution in [3.05, 3.63) is 12.2 Å². The van der Waals surface area contributed by atoms with E-state index in [0.29, 0.717) is 19.3 Å². The third-order valence-electron chi connectivity index (χ3n) is 12.5. The van der Waals surface area contributed by atoms with Crippen LogP contribution in [0.5, 0.6) is 0 Å². The second kappa shape index (κ2) is 51.8. The molecule has 0 rings (SSSR count). The van der Waals surface area contributed by atoms with E-state index in [0.717, 1.165) is 64.2 Å². The van der Waals surface area contributed by atoms with E-state index in [1.165, 1.54) is 205 Å². The van der Waals surface area contributed by atoms with Gasteiger partial charge in [-0.3, -0.25) is 14.4 Å². The van der Waals surface area contributed by atoms with Crippen LogP contribution in [0, 0.1) is 0 Å². The molecule has 0 spiro atoms. The van der Waals surface area contributed by atoms with E-state index in [4.69, 9.17) is 14.2 Å². The minimum atomic E-state index is -0.767. The van der Waals surface area contributed by atoms with Gasteiger partial charge in [0.25, 0.3) is 0 Å². The van der Waals surface area contributed by atoms with Crippen LogP contribution in [-0.4, -0.2) is 37.2 Å². The monoisotopic (exact) mass is 875 g/mol. The van der Waals surface area contributed by atoms with Gasteiger partial charge in [-0.2, -0.15) is 0 Å². The zero-order valence-electron chi connectivity index (χ0n) is 41.9. The number of hydrogen-bond acceptors (Lipinski definition) is 6. The molecule has 0 aliphatic heterocycles. The van der Waals surface area contributed by atoms with Gasteiger partial charge in [0.05, 0.1) is 0 Å². The first kappa shape index (κ1) is 60.2. The Morgan fingerprint density at radius 1 is 0.306 bits per heavy atom. The molecule has 0 N–H and O–H groups in total. The Morgan fingerprint density at radius 3 is 0.806 bits per heavy atom. The molecule has 0 saturated heterocycles. The summed E-state index contributed by atoms with van der Waals surface area (Å²) in [6.45, 7) is 6.66. The van der Waals surface area contributed by atoms with Crippen LogP contribution in [0.15, 0.2) is 12.2 Å². The van der Waals surface area contributed by atoms with Gasteiger partial charge in [0.15, 0.2) is 6.10 Å². The van der Waals surface area contributed by atoms with Crippen LogP contribution in [0.2, 0.25) is 0 Å². The first-order valence-electron chi connectivity index (χ1n) is 27.7. The van der Waals surface area contributed by atoms with Gasteiger partial charge >= 0.3 is 17.9 Å². The van der Waals surface area contributed by atoms with Gasteiger partial charge in [0.2, 0.25) is 0 Å². The fraction of sp³-hybridized carbons (Fsp3) is 0.911. The van der Waals surface area contributed by atoms with Gasteiger partial charge in [-0.1, -0.05) is 258 Å². The van der Waals surface area contributed by atoms with Gasteiger partial charge < -0.3 is 14.2 Å². The van der Waals surface area contributed by atoms with Crippen molar-refractivity contribution in [1.82, 2.24) is 0 Å². The molecular formula is C56H106O6. The third-order valence-corrected chi connectivity index (χ3v) is 12.5. The molecule has 0 fully saturated rings. The molecule has 6 heteroatoms.